The van der Waals surface area contributed by atoms with Gasteiger partial charge in [0.25, 0.3) is 0 Å². The summed E-state index contributed by atoms with van der Waals surface area (Å²) in [7, 11) is 1.59. The van der Waals surface area contributed by atoms with Gasteiger partial charge in [0.1, 0.15) is 11.5 Å². The van der Waals surface area contributed by atoms with E-state index in [1.54, 1.807) is 25.3 Å². The summed E-state index contributed by atoms with van der Waals surface area (Å²) in [5.41, 5.74) is 1.78. The summed E-state index contributed by atoms with van der Waals surface area (Å²) < 4.78 is 11.0. The first-order valence-electron chi connectivity index (χ1n) is 6.53. The maximum absolute atomic E-state index is 11.5. The van der Waals surface area contributed by atoms with Crippen molar-refractivity contribution in [3.63, 3.8) is 0 Å². The number of carboxylic acid groups (broad SMARTS) is 1. The largest absolute Gasteiger partial charge is 0.497 e. The minimum atomic E-state index is -0.981. The summed E-state index contributed by atoms with van der Waals surface area (Å²) in [5.74, 6) is 0.421. The van der Waals surface area contributed by atoms with Crippen LogP contribution in [0.4, 0.5) is 0 Å². The molecule has 3 rings (SSSR count). The van der Waals surface area contributed by atoms with E-state index in [4.69, 9.17) is 9.47 Å². The molecule has 106 valence electrons. The molecule has 0 spiro atoms. The van der Waals surface area contributed by atoms with Gasteiger partial charge in [0.15, 0.2) is 6.10 Å². The zero-order valence-electron chi connectivity index (χ0n) is 11.4. The molecule has 0 radical (unpaired) electrons. The van der Waals surface area contributed by atoms with Gasteiger partial charge in [-0.25, -0.2) is 4.79 Å². The third kappa shape index (κ3) is 2.48. The summed E-state index contributed by atoms with van der Waals surface area (Å²) in [5, 5.41) is 9.42. The molecule has 4 nitrogen and oxygen atoms in total. The maximum Gasteiger partial charge on any atom is 0.335 e. The van der Waals surface area contributed by atoms with Crippen molar-refractivity contribution in [2.45, 2.75) is 6.10 Å². The molecule has 0 saturated heterocycles. The number of carboxylic acids is 1. The second-order valence-electron chi connectivity index (χ2n) is 4.71. The lowest BCUT2D eigenvalue weighted by molar-refractivity contribution is -0.133. The zero-order valence-corrected chi connectivity index (χ0v) is 11.4. The molecule has 0 aliphatic carbocycles. The lowest BCUT2D eigenvalue weighted by Gasteiger charge is -2.25. The molecule has 0 aromatic heterocycles. The molecule has 0 fully saturated rings. The van der Waals surface area contributed by atoms with Crippen molar-refractivity contribution in [1.29, 1.82) is 0 Å². The molecular weight excluding hydrogens is 268 g/mol. The number of carbonyl (C=O) groups is 1. The molecule has 1 atom stereocenters. The van der Waals surface area contributed by atoms with E-state index in [1.807, 2.05) is 36.4 Å². The highest BCUT2D eigenvalue weighted by Gasteiger charge is 2.28. The Kier molecular flexibility index (Phi) is 3.36. The van der Waals surface area contributed by atoms with Gasteiger partial charge in [0, 0.05) is 5.56 Å². The first-order valence-corrected chi connectivity index (χ1v) is 6.53. The van der Waals surface area contributed by atoms with Crippen LogP contribution in [0.25, 0.3) is 6.08 Å². The predicted molar refractivity (Wildman–Crippen MR) is 78.4 cm³/mol. The van der Waals surface area contributed by atoms with Gasteiger partial charge in [-0.1, -0.05) is 30.3 Å². The Morgan fingerprint density at radius 3 is 2.52 bits per heavy atom. The van der Waals surface area contributed by atoms with E-state index in [0.717, 1.165) is 16.9 Å². The number of hydrogen-bond acceptors (Lipinski definition) is 3. The molecular formula is C17H14O4. The van der Waals surface area contributed by atoms with Crippen LogP contribution in [-0.4, -0.2) is 18.2 Å². The molecule has 4 heteroatoms. The molecule has 1 aliphatic heterocycles. The van der Waals surface area contributed by atoms with Crippen molar-refractivity contribution in [3.05, 3.63) is 65.2 Å². The quantitative estimate of drug-likeness (QED) is 0.938. The van der Waals surface area contributed by atoms with Crippen LogP contribution < -0.4 is 9.47 Å². The SMILES string of the molecule is COc1ccc(C2Oc3ccccc3C=C2C(=O)O)cc1. The van der Waals surface area contributed by atoms with E-state index in [0.29, 0.717) is 5.75 Å². The number of fused-ring (bicyclic) bond motifs is 1. The minimum Gasteiger partial charge on any atom is -0.497 e. The van der Waals surface area contributed by atoms with Crippen LogP contribution in [0.5, 0.6) is 11.5 Å². The number of hydrogen-bond donors (Lipinski definition) is 1. The Bertz CT molecular complexity index is 701. The van der Waals surface area contributed by atoms with Crippen LogP contribution in [-0.2, 0) is 4.79 Å². The molecule has 1 aliphatic rings. The first-order chi connectivity index (χ1) is 10.2. The monoisotopic (exact) mass is 282 g/mol. The van der Waals surface area contributed by atoms with Gasteiger partial charge in [0.2, 0.25) is 0 Å². The Labute approximate surface area is 122 Å². The van der Waals surface area contributed by atoms with Gasteiger partial charge >= 0.3 is 5.97 Å². The summed E-state index contributed by atoms with van der Waals surface area (Å²) in [6, 6.07) is 14.6. The molecule has 0 amide bonds. The molecule has 2 aromatic carbocycles. The average Bonchev–Trinajstić information content (AvgIpc) is 2.53. The fourth-order valence-electron chi connectivity index (χ4n) is 2.34. The molecule has 1 heterocycles. The van der Waals surface area contributed by atoms with Crippen LogP contribution in [0.2, 0.25) is 0 Å². The Morgan fingerprint density at radius 1 is 1.14 bits per heavy atom. The minimum absolute atomic E-state index is 0.221. The smallest absolute Gasteiger partial charge is 0.335 e. The lowest BCUT2D eigenvalue weighted by Crippen LogP contribution is -2.20. The second kappa shape index (κ2) is 5.32. The van der Waals surface area contributed by atoms with Crippen molar-refractivity contribution in [2.75, 3.05) is 7.11 Å². The number of aliphatic carboxylic acids is 1. The molecule has 2 aromatic rings. The lowest BCUT2D eigenvalue weighted by atomic mass is 9.96. The topological polar surface area (TPSA) is 55.8 Å². The van der Waals surface area contributed by atoms with Gasteiger partial charge in [-0.15, -0.1) is 0 Å². The molecule has 1 unspecified atom stereocenters. The zero-order chi connectivity index (χ0) is 14.8. The molecule has 0 bridgehead atoms. The van der Waals surface area contributed by atoms with Gasteiger partial charge < -0.3 is 14.6 Å². The highest BCUT2D eigenvalue weighted by molar-refractivity contribution is 5.95. The third-order valence-corrected chi connectivity index (χ3v) is 3.42. The fourth-order valence-corrected chi connectivity index (χ4v) is 2.34. The van der Waals surface area contributed by atoms with Gasteiger partial charge in [-0.3, -0.25) is 0 Å². The average molecular weight is 282 g/mol. The van der Waals surface area contributed by atoms with E-state index in [1.165, 1.54) is 0 Å². The van der Waals surface area contributed by atoms with Crippen molar-refractivity contribution >= 4 is 12.0 Å². The van der Waals surface area contributed by atoms with Gasteiger partial charge in [0.05, 0.1) is 12.7 Å². The Hall–Kier alpha value is -2.75. The second-order valence-corrected chi connectivity index (χ2v) is 4.71. The highest BCUT2D eigenvalue weighted by atomic mass is 16.5. The third-order valence-electron chi connectivity index (χ3n) is 3.42. The summed E-state index contributed by atoms with van der Waals surface area (Å²) in [6.45, 7) is 0. The molecule has 21 heavy (non-hydrogen) atoms. The van der Waals surface area contributed by atoms with E-state index in [-0.39, 0.29) is 5.57 Å². The van der Waals surface area contributed by atoms with E-state index >= 15 is 0 Å². The predicted octanol–water partition coefficient (Wildman–Crippen LogP) is 3.30. The number of methoxy groups -OCH3 is 1. The van der Waals surface area contributed by atoms with Crippen LogP contribution in [0.3, 0.4) is 0 Å². The van der Waals surface area contributed by atoms with Crippen LogP contribution in [0, 0.1) is 0 Å². The fraction of sp³-hybridized carbons (Fsp3) is 0.118. The van der Waals surface area contributed by atoms with E-state index < -0.39 is 12.1 Å². The van der Waals surface area contributed by atoms with Crippen molar-refractivity contribution in [1.82, 2.24) is 0 Å². The standard InChI is InChI=1S/C17H14O4/c1-20-13-8-6-11(7-9-13)16-14(17(18)19)10-12-4-2-3-5-15(12)21-16/h2-10,16H,1H3,(H,18,19). The van der Waals surface area contributed by atoms with Crippen molar-refractivity contribution in [2.24, 2.45) is 0 Å². The number of rotatable bonds is 3. The number of para-hydroxylation sites is 1. The Balaban J connectivity index is 2.03. The van der Waals surface area contributed by atoms with Gasteiger partial charge in [-0.2, -0.15) is 0 Å². The van der Waals surface area contributed by atoms with Crippen LogP contribution >= 0.6 is 0 Å². The van der Waals surface area contributed by atoms with Gasteiger partial charge in [-0.05, 0) is 29.8 Å². The maximum atomic E-state index is 11.5. The van der Waals surface area contributed by atoms with E-state index in [2.05, 4.69) is 0 Å². The molecule has 1 N–H and O–H groups in total. The van der Waals surface area contributed by atoms with Crippen LogP contribution in [0.15, 0.2) is 54.1 Å². The molecule has 0 saturated carbocycles. The summed E-state index contributed by atoms with van der Waals surface area (Å²) in [6.07, 6.45) is 1.04. The van der Waals surface area contributed by atoms with Crippen molar-refractivity contribution in [3.8, 4) is 11.5 Å². The van der Waals surface area contributed by atoms with Crippen LogP contribution in [0.1, 0.15) is 17.2 Å². The number of benzene rings is 2. The van der Waals surface area contributed by atoms with E-state index in [9.17, 15) is 9.90 Å². The van der Waals surface area contributed by atoms with Crippen molar-refractivity contribution < 1.29 is 19.4 Å². The normalized spacial score (nSPS) is 16.4. The highest BCUT2D eigenvalue weighted by Crippen LogP contribution is 2.37. The summed E-state index contributed by atoms with van der Waals surface area (Å²) in [4.78, 5) is 11.5. The number of ether oxygens (including phenoxy) is 2. The summed E-state index contributed by atoms with van der Waals surface area (Å²) >= 11 is 0. The first kappa shape index (κ1) is 13.2. The Morgan fingerprint density at radius 2 is 1.86 bits per heavy atom.